The minimum absolute atomic E-state index is 0.0477. The molecule has 1 aliphatic heterocycles. The fourth-order valence-corrected chi connectivity index (χ4v) is 2.55. The normalized spacial score (nSPS) is 22.6. The summed E-state index contributed by atoms with van der Waals surface area (Å²) < 4.78 is 5.19. The van der Waals surface area contributed by atoms with E-state index in [-0.39, 0.29) is 18.0 Å². The van der Waals surface area contributed by atoms with Gasteiger partial charge in [0.1, 0.15) is 5.76 Å². The Morgan fingerprint density at radius 3 is 2.95 bits per heavy atom. The third kappa shape index (κ3) is 3.53. The Labute approximate surface area is 117 Å². The van der Waals surface area contributed by atoms with Crippen LogP contribution < -0.4 is 5.32 Å². The van der Waals surface area contributed by atoms with E-state index in [1.54, 1.807) is 11.2 Å². The molecule has 2 atom stereocenters. The van der Waals surface area contributed by atoms with Crippen LogP contribution in [0.3, 0.4) is 0 Å². The van der Waals surface area contributed by atoms with Gasteiger partial charge < -0.3 is 19.7 Å². The summed E-state index contributed by atoms with van der Waals surface area (Å²) in [6, 6.07) is 3.50. The molecule has 0 bridgehead atoms. The van der Waals surface area contributed by atoms with E-state index in [0.29, 0.717) is 32.4 Å². The molecule has 110 valence electrons. The SMILES string of the molecule is CC1CC(C(=O)O)CCN1C(=O)NCCc1ccco1. The molecular formula is C14H20N2O4. The van der Waals surface area contributed by atoms with E-state index in [2.05, 4.69) is 5.32 Å². The van der Waals surface area contributed by atoms with Crippen LogP contribution >= 0.6 is 0 Å². The third-order valence-electron chi connectivity index (χ3n) is 3.71. The summed E-state index contributed by atoms with van der Waals surface area (Å²) in [7, 11) is 0. The van der Waals surface area contributed by atoms with Gasteiger partial charge in [-0.2, -0.15) is 0 Å². The molecule has 6 heteroatoms. The zero-order chi connectivity index (χ0) is 14.5. The van der Waals surface area contributed by atoms with Gasteiger partial charge in [0.25, 0.3) is 0 Å². The number of carbonyl (C=O) groups excluding carboxylic acids is 1. The molecule has 2 N–H and O–H groups in total. The van der Waals surface area contributed by atoms with Crippen LogP contribution in [0.25, 0.3) is 0 Å². The molecule has 2 amide bonds. The predicted molar refractivity (Wildman–Crippen MR) is 72.3 cm³/mol. The number of hydrogen-bond donors (Lipinski definition) is 2. The lowest BCUT2D eigenvalue weighted by molar-refractivity contribution is -0.143. The number of nitrogens with zero attached hydrogens (tertiary/aromatic N) is 1. The maximum absolute atomic E-state index is 12.1. The van der Waals surface area contributed by atoms with E-state index < -0.39 is 5.97 Å². The first-order chi connectivity index (χ1) is 9.58. The fraction of sp³-hybridized carbons (Fsp3) is 0.571. The number of carboxylic acids is 1. The van der Waals surface area contributed by atoms with Crippen LogP contribution in [0.15, 0.2) is 22.8 Å². The molecule has 0 radical (unpaired) electrons. The molecule has 1 aromatic rings. The van der Waals surface area contributed by atoms with Gasteiger partial charge in [-0.1, -0.05) is 0 Å². The summed E-state index contributed by atoms with van der Waals surface area (Å²) >= 11 is 0. The Bertz CT molecular complexity index is 458. The first-order valence-electron chi connectivity index (χ1n) is 6.87. The van der Waals surface area contributed by atoms with Gasteiger partial charge in [-0.3, -0.25) is 4.79 Å². The summed E-state index contributed by atoms with van der Waals surface area (Å²) in [5, 5.41) is 11.8. The Hall–Kier alpha value is -1.98. The lowest BCUT2D eigenvalue weighted by Gasteiger charge is -2.36. The quantitative estimate of drug-likeness (QED) is 0.879. The molecular weight excluding hydrogens is 260 g/mol. The molecule has 1 aliphatic rings. The molecule has 1 fully saturated rings. The van der Waals surface area contributed by atoms with Crippen molar-refractivity contribution in [3.8, 4) is 0 Å². The van der Waals surface area contributed by atoms with Crippen LogP contribution in [0.4, 0.5) is 4.79 Å². The van der Waals surface area contributed by atoms with Crippen molar-refractivity contribution in [1.82, 2.24) is 10.2 Å². The highest BCUT2D eigenvalue weighted by Crippen LogP contribution is 2.22. The fourth-order valence-electron chi connectivity index (χ4n) is 2.55. The minimum Gasteiger partial charge on any atom is -0.481 e. The molecule has 0 aliphatic carbocycles. The van der Waals surface area contributed by atoms with E-state index in [9.17, 15) is 9.59 Å². The van der Waals surface area contributed by atoms with E-state index in [1.165, 1.54) is 0 Å². The van der Waals surface area contributed by atoms with Gasteiger partial charge in [0, 0.05) is 25.6 Å². The zero-order valence-electron chi connectivity index (χ0n) is 11.5. The van der Waals surface area contributed by atoms with Crippen molar-refractivity contribution >= 4 is 12.0 Å². The van der Waals surface area contributed by atoms with E-state index in [0.717, 1.165) is 5.76 Å². The summed E-state index contributed by atoms with van der Waals surface area (Å²) in [6.45, 7) is 2.89. The lowest BCUT2D eigenvalue weighted by atomic mass is 9.92. The Morgan fingerprint density at radius 2 is 2.35 bits per heavy atom. The van der Waals surface area contributed by atoms with Crippen LogP contribution in [0, 0.1) is 5.92 Å². The zero-order valence-corrected chi connectivity index (χ0v) is 11.5. The second-order valence-corrected chi connectivity index (χ2v) is 5.16. The number of aliphatic carboxylic acids is 1. The topological polar surface area (TPSA) is 82.8 Å². The second-order valence-electron chi connectivity index (χ2n) is 5.16. The van der Waals surface area contributed by atoms with Crippen LogP contribution in [0.1, 0.15) is 25.5 Å². The maximum atomic E-state index is 12.1. The van der Waals surface area contributed by atoms with Crippen molar-refractivity contribution in [3.05, 3.63) is 24.2 Å². The van der Waals surface area contributed by atoms with Crippen molar-refractivity contribution in [3.63, 3.8) is 0 Å². The number of likely N-dealkylation sites (tertiary alicyclic amines) is 1. The maximum Gasteiger partial charge on any atom is 0.317 e. The van der Waals surface area contributed by atoms with Crippen molar-refractivity contribution in [2.45, 2.75) is 32.2 Å². The lowest BCUT2D eigenvalue weighted by Crippen LogP contribution is -2.50. The molecule has 2 heterocycles. The van der Waals surface area contributed by atoms with Gasteiger partial charge in [-0.25, -0.2) is 4.79 Å². The molecule has 20 heavy (non-hydrogen) atoms. The molecule has 0 saturated carbocycles. The second kappa shape index (κ2) is 6.45. The van der Waals surface area contributed by atoms with Crippen LogP contribution in [-0.2, 0) is 11.2 Å². The van der Waals surface area contributed by atoms with Gasteiger partial charge in [0.05, 0.1) is 12.2 Å². The monoisotopic (exact) mass is 280 g/mol. The molecule has 6 nitrogen and oxygen atoms in total. The number of hydrogen-bond acceptors (Lipinski definition) is 3. The Balaban J connectivity index is 1.76. The van der Waals surface area contributed by atoms with E-state index in [4.69, 9.17) is 9.52 Å². The molecule has 2 unspecified atom stereocenters. The highest BCUT2D eigenvalue weighted by molar-refractivity contribution is 5.75. The van der Waals surface area contributed by atoms with Gasteiger partial charge in [-0.05, 0) is 31.9 Å². The van der Waals surface area contributed by atoms with Crippen molar-refractivity contribution in [1.29, 1.82) is 0 Å². The summed E-state index contributed by atoms with van der Waals surface area (Å²) in [6.07, 6.45) is 3.29. The van der Waals surface area contributed by atoms with Gasteiger partial charge >= 0.3 is 12.0 Å². The van der Waals surface area contributed by atoms with Crippen LogP contribution in [0.5, 0.6) is 0 Å². The number of urea groups is 1. The summed E-state index contributed by atoms with van der Waals surface area (Å²) in [5.74, 6) is -0.269. The van der Waals surface area contributed by atoms with Crippen LogP contribution in [0.2, 0.25) is 0 Å². The summed E-state index contributed by atoms with van der Waals surface area (Å²) in [5.41, 5.74) is 0. The number of carbonyl (C=O) groups is 2. The number of piperidine rings is 1. The Kier molecular flexibility index (Phi) is 4.65. The van der Waals surface area contributed by atoms with Crippen molar-refractivity contribution < 1.29 is 19.1 Å². The van der Waals surface area contributed by atoms with E-state index >= 15 is 0 Å². The number of furan rings is 1. The number of rotatable bonds is 4. The average Bonchev–Trinajstić information content (AvgIpc) is 2.91. The smallest absolute Gasteiger partial charge is 0.317 e. The van der Waals surface area contributed by atoms with Crippen molar-refractivity contribution in [2.75, 3.05) is 13.1 Å². The standard InChI is InChI=1S/C14H20N2O4/c1-10-9-11(13(17)18)5-7-16(10)14(19)15-6-4-12-3-2-8-20-12/h2-3,8,10-11H,4-7,9H2,1H3,(H,15,19)(H,17,18). The number of carboxylic acid groups (broad SMARTS) is 1. The molecule has 2 rings (SSSR count). The van der Waals surface area contributed by atoms with Gasteiger partial charge in [-0.15, -0.1) is 0 Å². The van der Waals surface area contributed by atoms with E-state index in [1.807, 2.05) is 19.1 Å². The molecule has 1 saturated heterocycles. The minimum atomic E-state index is -0.769. The highest BCUT2D eigenvalue weighted by Gasteiger charge is 2.31. The predicted octanol–water partition coefficient (Wildman–Crippen LogP) is 1.72. The molecule has 1 aromatic heterocycles. The molecule has 0 spiro atoms. The molecule has 0 aromatic carbocycles. The van der Waals surface area contributed by atoms with Crippen LogP contribution in [-0.4, -0.2) is 41.1 Å². The van der Waals surface area contributed by atoms with Crippen molar-refractivity contribution in [2.24, 2.45) is 5.92 Å². The summed E-state index contributed by atoms with van der Waals surface area (Å²) in [4.78, 5) is 24.7. The Morgan fingerprint density at radius 1 is 1.55 bits per heavy atom. The largest absolute Gasteiger partial charge is 0.481 e. The first kappa shape index (κ1) is 14.4. The number of amides is 2. The van der Waals surface area contributed by atoms with Gasteiger partial charge in [0.2, 0.25) is 0 Å². The third-order valence-corrected chi connectivity index (χ3v) is 3.71. The number of nitrogens with one attached hydrogen (secondary N) is 1. The highest BCUT2D eigenvalue weighted by atomic mass is 16.4. The van der Waals surface area contributed by atoms with Gasteiger partial charge in [0.15, 0.2) is 0 Å². The average molecular weight is 280 g/mol. The first-order valence-corrected chi connectivity index (χ1v) is 6.87.